The smallest absolute Gasteiger partial charge is 0.323 e. The van der Waals surface area contributed by atoms with Gasteiger partial charge in [-0.2, -0.15) is 0 Å². The van der Waals surface area contributed by atoms with Gasteiger partial charge in [-0.05, 0) is 33.1 Å². The Hall–Kier alpha value is -1.06. The minimum Gasteiger partial charge on any atom is -0.465 e. The first-order valence-electron chi connectivity index (χ1n) is 8.82. The van der Waals surface area contributed by atoms with Crippen molar-refractivity contribution in [3.63, 3.8) is 0 Å². The maximum atomic E-state index is 12.4. The molecule has 0 atom stereocenters. The Bertz CT molecular complexity index is 319. The first-order valence-corrected chi connectivity index (χ1v) is 8.82. The van der Waals surface area contributed by atoms with Gasteiger partial charge >= 0.3 is 11.9 Å². The number of ether oxygens (including phenoxy) is 2. The fraction of sp³-hybridized carbons (Fsp3) is 0.889. The molecule has 0 aromatic carbocycles. The monoisotopic (exact) mass is 314 g/mol. The van der Waals surface area contributed by atoms with Crippen LogP contribution in [-0.4, -0.2) is 24.6 Å². The van der Waals surface area contributed by atoms with Gasteiger partial charge in [0.2, 0.25) is 0 Å². The van der Waals surface area contributed by atoms with E-state index in [1.165, 1.54) is 25.7 Å². The van der Waals surface area contributed by atoms with Crippen LogP contribution in [0.3, 0.4) is 0 Å². The Balaban J connectivity index is 4.33. The number of esters is 2. The topological polar surface area (TPSA) is 52.6 Å². The summed E-state index contributed by atoms with van der Waals surface area (Å²) in [5.41, 5.74) is -1.15. The Morgan fingerprint density at radius 2 is 1.41 bits per heavy atom. The zero-order valence-corrected chi connectivity index (χ0v) is 15.1. The van der Waals surface area contributed by atoms with E-state index in [0.717, 1.165) is 12.8 Å². The molecule has 0 rings (SSSR count). The lowest BCUT2D eigenvalue weighted by molar-refractivity contribution is -0.175. The largest absolute Gasteiger partial charge is 0.465 e. The molecule has 0 aromatic rings. The molecule has 0 fully saturated rings. The molecule has 0 unspecified atom stereocenters. The predicted octanol–water partition coefficient (Wildman–Crippen LogP) is 4.65. The molecule has 0 saturated heterocycles. The molecular formula is C18H34O4. The molecule has 130 valence electrons. The van der Waals surface area contributed by atoms with Crippen molar-refractivity contribution in [1.82, 2.24) is 0 Å². The molecular weight excluding hydrogens is 280 g/mol. The summed E-state index contributed by atoms with van der Waals surface area (Å²) < 4.78 is 10.6. The van der Waals surface area contributed by atoms with Gasteiger partial charge < -0.3 is 9.47 Å². The Labute approximate surface area is 135 Å². The minimum absolute atomic E-state index is 0.226. The fourth-order valence-electron chi connectivity index (χ4n) is 2.42. The second-order valence-electron chi connectivity index (χ2n) is 6.15. The average molecular weight is 314 g/mol. The molecule has 0 radical (unpaired) electrons. The summed E-state index contributed by atoms with van der Waals surface area (Å²) in [4.78, 5) is 24.6. The Morgan fingerprint density at radius 3 is 1.91 bits per heavy atom. The van der Waals surface area contributed by atoms with Crippen molar-refractivity contribution in [3.8, 4) is 0 Å². The first-order chi connectivity index (χ1) is 10.4. The van der Waals surface area contributed by atoms with E-state index in [9.17, 15) is 9.59 Å². The van der Waals surface area contributed by atoms with E-state index in [2.05, 4.69) is 6.92 Å². The quantitative estimate of drug-likeness (QED) is 0.299. The lowest BCUT2D eigenvalue weighted by Crippen LogP contribution is -2.42. The summed E-state index contributed by atoms with van der Waals surface area (Å²) in [5.74, 6) is -0.892. The number of unbranched alkanes of at least 4 members (excludes halogenated alkanes) is 5. The van der Waals surface area contributed by atoms with Crippen molar-refractivity contribution in [1.29, 1.82) is 0 Å². The van der Waals surface area contributed by atoms with Gasteiger partial charge in [0.1, 0.15) is 0 Å². The van der Waals surface area contributed by atoms with Crippen molar-refractivity contribution in [2.45, 2.75) is 92.1 Å². The molecule has 0 N–H and O–H groups in total. The van der Waals surface area contributed by atoms with E-state index in [1.807, 2.05) is 13.8 Å². The van der Waals surface area contributed by atoms with E-state index in [-0.39, 0.29) is 6.10 Å². The standard InChI is InChI=1S/C18H34O4/c1-6-9-10-11-12-13-14-21-16(19)18(7-2,8-3)17(20)22-15(4)5/h15H,6-14H2,1-5H3. The van der Waals surface area contributed by atoms with Gasteiger partial charge in [0.15, 0.2) is 5.41 Å². The summed E-state index contributed by atoms with van der Waals surface area (Å²) >= 11 is 0. The zero-order valence-electron chi connectivity index (χ0n) is 15.1. The van der Waals surface area contributed by atoms with E-state index >= 15 is 0 Å². The number of hydrogen-bond acceptors (Lipinski definition) is 4. The zero-order chi connectivity index (χ0) is 17.0. The van der Waals surface area contributed by atoms with Crippen molar-refractivity contribution >= 4 is 11.9 Å². The molecule has 0 amide bonds. The maximum Gasteiger partial charge on any atom is 0.323 e. The van der Waals surface area contributed by atoms with Gasteiger partial charge in [0.25, 0.3) is 0 Å². The van der Waals surface area contributed by atoms with E-state index in [4.69, 9.17) is 9.47 Å². The normalized spacial score (nSPS) is 11.5. The number of carbonyl (C=O) groups is 2. The Kier molecular flexibility index (Phi) is 10.9. The van der Waals surface area contributed by atoms with Crippen LogP contribution >= 0.6 is 0 Å². The predicted molar refractivity (Wildman–Crippen MR) is 88.6 cm³/mol. The summed E-state index contributed by atoms with van der Waals surface area (Å²) in [6, 6.07) is 0. The molecule has 0 bridgehead atoms. The van der Waals surface area contributed by atoms with Gasteiger partial charge in [0, 0.05) is 0 Å². The van der Waals surface area contributed by atoms with Gasteiger partial charge in [-0.3, -0.25) is 9.59 Å². The molecule has 0 spiro atoms. The molecule has 0 aliphatic heterocycles. The van der Waals surface area contributed by atoms with Gasteiger partial charge in [-0.25, -0.2) is 0 Å². The van der Waals surface area contributed by atoms with E-state index < -0.39 is 17.4 Å². The van der Waals surface area contributed by atoms with Crippen molar-refractivity contribution in [2.24, 2.45) is 5.41 Å². The van der Waals surface area contributed by atoms with Crippen LogP contribution in [0.1, 0.15) is 86.0 Å². The van der Waals surface area contributed by atoms with Crippen molar-refractivity contribution in [2.75, 3.05) is 6.61 Å². The van der Waals surface area contributed by atoms with E-state index in [1.54, 1.807) is 13.8 Å². The van der Waals surface area contributed by atoms with Gasteiger partial charge in [0.05, 0.1) is 12.7 Å². The Morgan fingerprint density at radius 1 is 0.864 bits per heavy atom. The molecule has 0 aliphatic rings. The third-order valence-electron chi connectivity index (χ3n) is 4.06. The number of carbonyl (C=O) groups excluding carboxylic acids is 2. The molecule has 4 nitrogen and oxygen atoms in total. The molecule has 0 saturated carbocycles. The van der Waals surface area contributed by atoms with Crippen LogP contribution in [0.5, 0.6) is 0 Å². The first kappa shape index (κ1) is 20.9. The van der Waals surface area contributed by atoms with Crippen LogP contribution < -0.4 is 0 Å². The molecule has 4 heteroatoms. The second-order valence-corrected chi connectivity index (χ2v) is 6.15. The SMILES string of the molecule is CCCCCCCCOC(=O)C(CC)(CC)C(=O)OC(C)C. The van der Waals surface area contributed by atoms with Crippen LogP contribution in [0.2, 0.25) is 0 Å². The molecule has 22 heavy (non-hydrogen) atoms. The van der Waals surface area contributed by atoms with Crippen LogP contribution in [0.4, 0.5) is 0 Å². The lowest BCUT2D eigenvalue weighted by Gasteiger charge is -2.27. The average Bonchev–Trinajstić information content (AvgIpc) is 2.47. The van der Waals surface area contributed by atoms with Gasteiger partial charge in [-0.15, -0.1) is 0 Å². The van der Waals surface area contributed by atoms with Crippen LogP contribution in [0.15, 0.2) is 0 Å². The lowest BCUT2D eigenvalue weighted by atomic mass is 9.82. The van der Waals surface area contributed by atoms with Crippen LogP contribution in [0, 0.1) is 5.41 Å². The third kappa shape index (κ3) is 6.80. The molecule has 0 aromatic heterocycles. The van der Waals surface area contributed by atoms with Crippen molar-refractivity contribution < 1.29 is 19.1 Å². The highest BCUT2D eigenvalue weighted by molar-refractivity contribution is 6.00. The van der Waals surface area contributed by atoms with Crippen LogP contribution in [0.25, 0.3) is 0 Å². The van der Waals surface area contributed by atoms with Crippen LogP contribution in [-0.2, 0) is 19.1 Å². The van der Waals surface area contributed by atoms with Crippen molar-refractivity contribution in [3.05, 3.63) is 0 Å². The third-order valence-corrected chi connectivity index (χ3v) is 4.06. The minimum atomic E-state index is -1.15. The number of rotatable bonds is 12. The highest BCUT2D eigenvalue weighted by Crippen LogP contribution is 2.30. The summed E-state index contributed by atoms with van der Waals surface area (Å²) in [7, 11) is 0. The highest BCUT2D eigenvalue weighted by Gasteiger charge is 2.46. The highest BCUT2D eigenvalue weighted by atomic mass is 16.6. The number of hydrogen-bond donors (Lipinski definition) is 0. The van der Waals surface area contributed by atoms with E-state index in [0.29, 0.717) is 19.4 Å². The summed E-state index contributed by atoms with van der Waals surface area (Å²) in [6.45, 7) is 9.81. The fourth-order valence-corrected chi connectivity index (χ4v) is 2.42. The second kappa shape index (κ2) is 11.5. The van der Waals surface area contributed by atoms with Gasteiger partial charge in [-0.1, -0.05) is 52.9 Å². The molecule has 0 heterocycles. The molecule has 0 aliphatic carbocycles. The summed E-state index contributed by atoms with van der Waals surface area (Å²) in [5, 5.41) is 0. The maximum absolute atomic E-state index is 12.4. The summed E-state index contributed by atoms with van der Waals surface area (Å²) in [6.07, 6.45) is 7.41.